The Kier molecular flexibility index (Phi) is 3.27. The standard InChI is InChI=1S/C10H18BrNO/c11-8-10(2-3-10)9-12-4-1-6-13-7-5-12/h1-9H2. The zero-order chi connectivity index (χ0) is 9.15. The quantitative estimate of drug-likeness (QED) is 0.707. The third-order valence-electron chi connectivity index (χ3n) is 3.11. The van der Waals surface area contributed by atoms with Gasteiger partial charge < -0.3 is 9.64 Å². The van der Waals surface area contributed by atoms with Gasteiger partial charge in [0, 0.05) is 31.6 Å². The van der Waals surface area contributed by atoms with Crippen molar-refractivity contribution in [3.05, 3.63) is 0 Å². The van der Waals surface area contributed by atoms with Gasteiger partial charge in [-0.25, -0.2) is 0 Å². The SMILES string of the molecule is BrCC1(CN2CCCOCC2)CC1. The molecule has 0 spiro atoms. The van der Waals surface area contributed by atoms with Crippen LogP contribution < -0.4 is 0 Å². The van der Waals surface area contributed by atoms with Crippen LogP contribution in [0, 0.1) is 5.41 Å². The van der Waals surface area contributed by atoms with E-state index in [0.29, 0.717) is 5.41 Å². The van der Waals surface area contributed by atoms with E-state index in [2.05, 4.69) is 20.8 Å². The van der Waals surface area contributed by atoms with Crippen molar-refractivity contribution >= 4 is 15.9 Å². The number of hydrogen-bond acceptors (Lipinski definition) is 2. The van der Waals surface area contributed by atoms with Crippen molar-refractivity contribution in [3.8, 4) is 0 Å². The average Bonchev–Trinajstić information content (AvgIpc) is 2.92. The smallest absolute Gasteiger partial charge is 0.0593 e. The Morgan fingerprint density at radius 3 is 2.77 bits per heavy atom. The maximum Gasteiger partial charge on any atom is 0.0593 e. The zero-order valence-electron chi connectivity index (χ0n) is 8.10. The second-order valence-corrected chi connectivity index (χ2v) is 4.94. The Morgan fingerprint density at radius 2 is 2.08 bits per heavy atom. The Labute approximate surface area is 88.8 Å². The highest BCUT2D eigenvalue weighted by Gasteiger charge is 2.42. The number of ether oxygens (including phenoxy) is 1. The van der Waals surface area contributed by atoms with Crippen LogP contribution in [0.4, 0.5) is 0 Å². The first-order valence-electron chi connectivity index (χ1n) is 5.21. The molecule has 1 aliphatic heterocycles. The summed E-state index contributed by atoms with van der Waals surface area (Å²) in [5.41, 5.74) is 0.629. The minimum absolute atomic E-state index is 0.629. The first-order chi connectivity index (χ1) is 6.35. The van der Waals surface area contributed by atoms with Crippen LogP contribution in [0.15, 0.2) is 0 Å². The summed E-state index contributed by atoms with van der Waals surface area (Å²) in [6.45, 7) is 5.53. The van der Waals surface area contributed by atoms with Crippen LogP contribution in [0.2, 0.25) is 0 Å². The second-order valence-electron chi connectivity index (χ2n) is 4.38. The van der Waals surface area contributed by atoms with Crippen molar-refractivity contribution in [1.29, 1.82) is 0 Å². The molecule has 13 heavy (non-hydrogen) atoms. The highest BCUT2D eigenvalue weighted by molar-refractivity contribution is 9.09. The predicted molar refractivity (Wildman–Crippen MR) is 57.3 cm³/mol. The molecule has 1 aliphatic carbocycles. The Morgan fingerprint density at radius 1 is 1.23 bits per heavy atom. The highest BCUT2D eigenvalue weighted by Crippen LogP contribution is 2.47. The molecule has 3 heteroatoms. The topological polar surface area (TPSA) is 12.5 Å². The molecule has 1 heterocycles. The van der Waals surface area contributed by atoms with E-state index in [1.165, 1.54) is 37.7 Å². The summed E-state index contributed by atoms with van der Waals surface area (Å²) in [4.78, 5) is 2.57. The van der Waals surface area contributed by atoms with Gasteiger partial charge in [0.15, 0.2) is 0 Å². The van der Waals surface area contributed by atoms with Crippen molar-refractivity contribution in [2.24, 2.45) is 5.41 Å². The molecular formula is C10H18BrNO. The van der Waals surface area contributed by atoms with Gasteiger partial charge in [-0.2, -0.15) is 0 Å². The normalized spacial score (nSPS) is 28.4. The summed E-state index contributed by atoms with van der Waals surface area (Å²) in [5, 5.41) is 1.18. The number of halogens is 1. The molecule has 2 rings (SSSR count). The Bertz CT molecular complexity index is 162. The number of nitrogens with zero attached hydrogens (tertiary/aromatic N) is 1. The fourth-order valence-corrected chi connectivity index (χ4v) is 2.68. The summed E-state index contributed by atoms with van der Waals surface area (Å²) in [7, 11) is 0. The average molecular weight is 248 g/mol. The molecular weight excluding hydrogens is 230 g/mol. The van der Waals surface area contributed by atoms with Crippen molar-refractivity contribution in [2.45, 2.75) is 19.3 Å². The molecule has 0 amide bonds. The predicted octanol–water partition coefficient (Wildman–Crippen LogP) is 1.88. The monoisotopic (exact) mass is 247 g/mol. The zero-order valence-corrected chi connectivity index (χ0v) is 9.68. The molecule has 0 bridgehead atoms. The van der Waals surface area contributed by atoms with Crippen LogP contribution in [0.1, 0.15) is 19.3 Å². The van der Waals surface area contributed by atoms with E-state index in [0.717, 1.165) is 19.8 Å². The fourth-order valence-electron chi connectivity index (χ4n) is 1.94. The number of hydrogen-bond donors (Lipinski definition) is 0. The molecule has 2 fully saturated rings. The van der Waals surface area contributed by atoms with E-state index in [4.69, 9.17) is 4.74 Å². The lowest BCUT2D eigenvalue weighted by Gasteiger charge is -2.24. The van der Waals surface area contributed by atoms with Gasteiger partial charge in [0.05, 0.1) is 6.61 Å². The molecule has 0 aromatic heterocycles. The van der Waals surface area contributed by atoms with Crippen molar-refractivity contribution in [2.75, 3.05) is 38.2 Å². The maximum absolute atomic E-state index is 5.44. The van der Waals surface area contributed by atoms with Crippen LogP contribution in [0.3, 0.4) is 0 Å². The molecule has 0 aromatic carbocycles. The Hall–Kier alpha value is 0.400. The molecule has 2 nitrogen and oxygen atoms in total. The molecule has 0 radical (unpaired) electrons. The van der Waals surface area contributed by atoms with Crippen molar-refractivity contribution in [3.63, 3.8) is 0 Å². The lowest BCUT2D eigenvalue weighted by molar-refractivity contribution is 0.138. The van der Waals surface area contributed by atoms with Gasteiger partial charge in [0.2, 0.25) is 0 Å². The van der Waals surface area contributed by atoms with Gasteiger partial charge in [0.25, 0.3) is 0 Å². The molecule has 0 unspecified atom stereocenters. The molecule has 0 N–H and O–H groups in total. The van der Waals surface area contributed by atoms with Gasteiger partial charge in [-0.3, -0.25) is 0 Å². The fraction of sp³-hybridized carbons (Fsp3) is 1.00. The summed E-state index contributed by atoms with van der Waals surface area (Å²) >= 11 is 3.62. The number of alkyl halides is 1. The van der Waals surface area contributed by atoms with Crippen molar-refractivity contribution < 1.29 is 4.74 Å². The second kappa shape index (κ2) is 4.28. The van der Waals surface area contributed by atoms with E-state index in [-0.39, 0.29) is 0 Å². The summed E-state index contributed by atoms with van der Waals surface area (Å²) in [6, 6.07) is 0. The van der Waals surface area contributed by atoms with E-state index in [1.54, 1.807) is 0 Å². The van der Waals surface area contributed by atoms with Crippen LogP contribution >= 0.6 is 15.9 Å². The van der Waals surface area contributed by atoms with Crippen molar-refractivity contribution in [1.82, 2.24) is 4.90 Å². The summed E-state index contributed by atoms with van der Waals surface area (Å²) in [5.74, 6) is 0. The van der Waals surface area contributed by atoms with Gasteiger partial charge >= 0.3 is 0 Å². The molecule has 1 saturated heterocycles. The lowest BCUT2D eigenvalue weighted by Crippen LogP contribution is -2.33. The minimum atomic E-state index is 0.629. The highest BCUT2D eigenvalue weighted by atomic mass is 79.9. The minimum Gasteiger partial charge on any atom is -0.380 e. The molecule has 2 aliphatic rings. The first kappa shape index (κ1) is 9.94. The van der Waals surface area contributed by atoms with Crippen LogP contribution in [-0.4, -0.2) is 43.1 Å². The molecule has 0 atom stereocenters. The summed E-state index contributed by atoms with van der Waals surface area (Å²) < 4.78 is 5.44. The third kappa shape index (κ3) is 2.67. The van der Waals surface area contributed by atoms with Crippen LogP contribution in [0.5, 0.6) is 0 Å². The first-order valence-corrected chi connectivity index (χ1v) is 6.33. The molecule has 0 aromatic rings. The van der Waals surface area contributed by atoms with Crippen LogP contribution in [0.25, 0.3) is 0 Å². The largest absolute Gasteiger partial charge is 0.380 e. The van der Waals surface area contributed by atoms with E-state index < -0.39 is 0 Å². The third-order valence-corrected chi connectivity index (χ3v) is 4.30. The Balaban J connectivity index is 1.79. The van der Waals surface area contributed by atoms with E-state index in [9.17, 15) is 0 Å². The number of rotatable bonds is 3. The molecule has 1 saturated carbocycles. The maximum atomic E-state index is 5.44. The van der Waals surface area contributed by atoms with Gasteiger partial charge in [-0.05, 0) is 24.7 Å². The van der Waals surface area contributed by atoms with E-state index in [1.807, 2.05) is 0 Å². The van der Waals surface area contributed by atoms with Crippen LogP contribution in [-0.2, 0) is 4.74 Å². The van der Waals surface area contributed by atoms with Gasteiger partial charge in [-0.1, -0.05) is 15.9 Å². The van der Waals surface area contributed by atoms with Gasteiger partial charge in [-0.15, -0.1) is 0 Å². The van der Waals surface area contributed by atoms with E-state index >= 15 is 0 Å². The van der Waals surface area contributed by atoms with Gasteiger partial charge in [0.1, 0.15) is 0 Å². The molecule has 76 valence electrons. The summed E-state index contributed by atoms with van der Waals surface area (Å²) in [6.07, 6.45) is 4.03. The lowest BCUT2D eigenvalue weighted by atomic mass is 10.1.